The van der Waals surface area contributed by atoms with Crippen molar-refractivity contribution in [1.82, 2.24) is 20.0 Å². The van der Waals surface area contributed by atoms with E-state index in [4.69, 9.17) is 4.52 Å². The Bertz CT molecular complexity index is 770. The van der Waals surface area contributed by atoms with Crippen molar-refractivity contribution in [3.63, 3.8) is 0 Å². The van der Waals surface area contributed by atoms with Crippen molar-refractivity contribution in [1.29, 1.82) is 0 Å². The molecule has 6 heteroatoms. The molecule has 4 rings (SSSR count). The van der Waals surface area contributed by atoms with E-state index in [1.54, 1.807) is 12.4 Å². The molecule has 2 fully saturated rings. The maximum absolute atomic E-state index is 12.4. The molecule has 0 bridgehead atoms. The first-order chi connectivity index (χ1) is 11.9. The minimum atomic E-state index is -0.306. The van der Waals surface area contributed by atoms with Gasteiger partial charge < -0.3 is 9.42 Å². The topological polar surface area (TPSA) is 72.1 Å². The van der Waals surface area contributed by atoms with Gasteiger partial charge in [-0.2, -0.15) is 4.98 Å². The molecule has 1 unspecified atom stereocenters. The molecule has 1 amide bonds. The average molecular weight is 340 g/mol. The average Bonchev–Trinajstić information content (AvgIpc) is 3.07. The molecule has 0 radical (unpaired) electrons. The Hall–Kier alpha value is -2.24. The van der Waals surface area contributed by atoms with Gasteiger partial charge in [0.25, 0.3) is 5.89 Å². The summed E-state index contributed by atoms with van der Waals surface area (Å²) in [4.78, 5) is 23.1. The summed E-state index contributed by atoms with van der Waals surface area (Å²) in [5.41, 5.74) is 0.798. The molecule has 1 aliphatic heterocycles. The summed E-state index contributed by atoms with van der Waals surface area (Å²) < 4.78 is 5.42. The third kappa shape index (κ3) is 2.94. The predicted octanol–water partition coefficient (Wildman–Crippen LogP) is 3.27. The number of nitrogens with zero attached hydrogens (tertiary/aromatic N) is 4. The highest BCUT2D eigenvalue weighted by Gasteiger charge is 2.58. The summed E-state index contributed by atoms with van der Waals surface area (Å²) >= 11 is 0. The van der Waals surface area contributed by atoms with E-state index < -0.39 is 0 Å². The van der Waals surface area contributed by atoms with Gasteiger partial charge in [-0.05, 0) is 36.8 Å². The fourth-order valence-electron chi connectivity index (χ4n) is 3.88. The molecule has 132 valence electrons. The summed E-state index contributed by atoms with van der Waals surface area (Å²) in [6.07, 6.45) is 6.60. The maximum atomic E-state index is 12.4. The SMILES string of the molecule is CC(C)(C)C(=O)N1CCC2(CC1)CC2c1noc(-c2cccnc2)n1. The van der Waals surface area contributed by atoms with E-state index in [1.165, 1.54) is 0 Å². The quantitative estimate of drug-likeness (QED) is 0.839. The van der Waals surface area contributed by atoms with Crippen LogP contribution < -0.4 is 0 Å². The van der Waals surface area contributed by atoms with Crippen molar-refractivity contribution in [3.05, 3.63) is 30.4 Å². The third-order valence-electron chi connectivity index (χ3n) is 5.54. The van der Waals surface area contributed by atoms with Crippen molar-refractivity contribution in [2.24, 2.45) is 10.8 Å². The number of aromatic nitrogens is 3. The van der Waals surface area contributed by atoms with E-state index in [0.29, 0.717) is 11.8 Å². The predicted molar refractivity (Wildman–Crippen MR) is 92.6 cm³/mol. The number of rotatable bonds is 2. The van der Waals surface area contributed by atoms with E-state index in [-0.39, 0.29) is 16.7 Å². The van der Waals surface area contributed by atoms with Crippen LogP contribution in [-0.2, 0) is 4.79 Å². The Morgan fingerprint density at radius 3 is 2.72 bits per heavy atom. The first-order valence-corrected chi connectivity index (χ1v) is 8.92. The summed E-state index contributed by atoms with van der Waals surface area (Å²) in [6.45, 7) is 7.62. The van der Waals surface area contributed by atoms with E-state index >= 15 is 0 Å². The molecule has 1 spiro atoms. The number of piperidine rings is 1. The van der Waals surface area contributed by atoms with E-state index in [0.717, 1.165) is 43.7 Å². The van der Waals surface area contributed by atoms with Crippen molar-refractivity contribution in [2.45, 2.75) is 46.0 Å². The normalized spacial score (nSPS) is 22.2. The highest BCUT2D eigenvalue weighted by molar-refractivity contribution is 5.81. The summed E-state index contributed by atoms with van der Waals surface area (Å²) in [6, 6.07) is 3.78. The lowest BCUT2D eigenvalue weighted by molar-refractivity contribution is -0.141. The van der Waals surface area contributed by atoms with Gasteiger partial charge in [0.2, 0.25) is 5.91 Å². The zero-order chi connectivity index (χ0) is 17.7. The van der Waals surface area contributed by atoms with Gasteiger partial charge in [0, 0.05) is 36.8 Å². The number of carbonyl (C=O) groups excluding carboxylic acids is 1. The highest BCUT2D eigenvalue weighted by atomic mass is 16.5. The van der Waals surface area contributed by atoms with Crippen LogP contribution in [0.1, 0.15) is 51.8 Å². The van der Waals surface area contributed by atoms with Crippen molar-refractivity contribution < 1.29 is 9.32 Å². The van der Waals surface area contributed by atoms with E-state index in [9.17, 15) is 4.79 Å². The van der Waals surface area contributed by atoms with Crippen molar-refractivity contribution in [3.8, 4) is 11.5 Å². The van der Waals surface area contributed by atoms with Crippen LogP contribution in [0.4, 0.5) is 0 Å². The smallest absolute Gasteiger partial charge is 0.259 e. The molecule has 1 aliphatic carbocycles. The Morgan fingerprint density at radius 2 is 2.08 bits per heavy atom. The molecule has 2 aromatic rings. The Labute approximate surface area is 147 Å². The maximum Gasteiger partial charge on any atom is 0.259 e. The zero-order valence-electron chi connectivity index (χ0n) is 15.0. The second kappa shape index (κ2) is 5.64. The van der Waals surface area contributed by atoms with Gasteiger partial charge in [0.1, 0.15) is 0 Å². The third-order valence-corrected chi connectivity index (χ3v) is 5.54. The minimum absolute atomic E-state index is 0.248. The van der Waals surface area contributed by atoms with Crippen LogP contribution in [-0.4, -0.2) is 39.0 Å². The van der Waals surface area contributed by atoms with Crippen LogP contribution >= 0.6 is 0 Å². The van der Waals surface area contributed by atoms with Crippen LogP contribution in [0.2, 0.25) is 0 Å². The number of likely N-dealkylation sites (tertiary alicyclic amines) is 1. The molecular formula is C19H24N4O2. The van der Waals surface area contributed by atoms with Gasteiger partial charge in [0.15, 0.2) is 5.82 Å². The summed E-state index contributed by atoms with van der Waals surface area (Å²) in [5, 5.41) is 4.20. The van der Waals surface area contributed by atoms with Gasteiger partial charge in [0.05, 0.1) is 5.56 Å². The lowest BCUT2D eigenvalue weighted by Crippen LogP contribution is -2.44. The van der Waals surface area contributed by atoms with Crippen LogP contribution in [0.25, 0.3) is 11.5 Å². The van der Waals surface area contributed by atoms with Crippen LogP contribution in [0, 0.1) is 10.8 Å². The minimum Gasteiger partial charge on any atom is -0.342 e. The number of hydrogen-bond acceptors (Lipinski definition) is 5. The van der Waals surface area contributed by atoms with Gasteiger partial charge in [-0.25, -0.2) is 0 Å². The first kappa shape index (κ1) is 16.2. The molecule has 6 nitrogen and oxygen atoms in total. The largest absolute Gasteiger partial charge is 0.342 e. The molecule has 1 saturated carbocycles. The number of hydrogen-bond donors (Lipinski definition) is 0. The number of pyridine rings is 1. The zero-order valence-corrected chi connectivity index (χ0v) is 15.0. The Balaban J connectivity index is 1.42. The number of amides is 1. The molecular weight excluding hydrogens is 316 g/mol. The molecule has 0 N–H and O–H groups in total. The lowest BCUT2D eigenvalue weighted by atomic mass is 9.88. The molecule has 2 aliphatic rings. The van der Waals surface area contributed by atoms with Crippen molar-refractivity contribution in [2.75, 3.05) is 13.1 Å². The fraction of sp³-hybridized carbons (Fsp3) is 0.579. The summed E-state index contributed by atoms with van der Waals surface area (Å²) in [5.74, 6) is 1.94. The van der Waals surface area contributed by atoms with Crippen LogP contribution in [0.3, 0.4) is 0 Å². The van der Waals surface area contributed by atoms with Crippen LogP contribution in [0.5, 0.6) is 0 Å². The van der Waals surface area contributed by atoms with Gasteiger partial charge >= 0.3 is 0 Å². The second-order valence-electron chi connectivity index (χ2n) is 8.36. The molecule has 25 heavy (non-hydrogen) atoms. The molecule has 3 heterocycles. The van der Waals surface area contributed by atoms with Gasteiger partial charge in [-0.1, -0.05) is 25.9 Å². The molecule has 1 saturated heterocycles. The monoisotopic (exact) mass is 340 g/mol. The van der Waals surface area contributed by atoms with Gasteiger partial charge in [-0.15, -0.1) is 0 Å². The first-order valence-electron chi connectivity index (χ1n) is 8.92. The Kier molecular flexibility index (Phi) is 3.67. The lowest BCUT2D eigenvalue weighted by Gasteiger charge is -2.36. The number of carbonyl (C=O) groups is 1. The van der Waals surface area contributed by atoms with E-state index in [1.807, 2.05) is 37.8 Å². The molecule has 1 atom stereocenters. The second-order valence-corrected chi connectivity index (χ2v) is 8.36. The van der Waals surface area contributed by atoms with Crippen molar-refractivity contribution >= 4 is 5.91 Å². The standard InChI is InChI=1S/C19H24N4O2/c1-18(2,3)17(24)23-9-6-19(7-10-23)11-14(19)15-21-16(25-22-15)13-5-4-8-20-12-13/h4-5,8,12,14H,6-7,9-11H2,1-3H3. The molecule has 0 aromatic carbocycles. The molecule has 2 aromatic heterocycles. The highest BCUT2D eigenvalue weighted by Crippen LogP contribution is 2.64. The van der Waals surface area contributed by atoms with Crippen LogP contribution in [0.15, 0.2) is 29.0 Å². The Morgan fingerprint density at radius 1 is 1.32 bits per heavy atom. The fourth-order valence-corrected chi connectivity index (χ4v) is 3.88. The summed E-state index contributed by atoms with van der Waals surface area (Å²) in [7, 11) is 0. The van der Waals surface area contributed by atoms with Gasteiger partial charge in [-0.3, -0.25) is 9.78 Å². The van der Waals surface area contributed by atoms with E-state index in [2.05, 4.69) is 15.1 Å².